The van der Waals surface area contributed by atoms with Gasteiger partial charge in [0.05, 0.1) is 33.0 Å². The van der Waals surface area contributed by atoms with E-state index in [-0.39, 0.29) is 29.4 Å². The third kappa shape index (κ3) is 10.4. The summed E-state index contributed by atoms with van der Waals surface area (Å²) in [5.41, 5.74) is 0.415. The number of rotatable bonds is 8. The van der Waals surface area contributed by atoms with Gasteiger partial charge in [-0.15, -0.1) is 0 Å². The van der Waals surface area contributed by atoms with Crippen LogP contribution in [0, 0.1) is 5.82 Å². The van der Waals surface area contributed by atoms with E-state index in [1.54, 1.807) is 41.5 Å². The van der Waals surface area contributed by atoms with Crippen LogP contribution in [0.25, 0.3) is 0 Å². The van der Waals surface area contributed by atoms with Gasteiger partial charge in [0.25, 0.3) is 0 Å². The van der Waals surface area contributed by atoms with E-state index in [1.165, 1.54) is 12.1 Å². The summed E-state index contributed by atoms with van der Waals surface area (Å²) in [5.74, 6) is -2.92. The number of ether oxygens (including phenoxy) is 5. The summed E-state index contributed by atoms with van der Waals surface area (Å²) in [6.45, 7) is 9.93. The zero-order valence-corrected chi connectivity index (χ0v) is 25.4. The van der Waals surface area contributed by atoms with Gasteiger partial charge < -0.3 is 29.0 Å². The summed E-state index contributed by atoms with van der Waals surface area (Å²) in [5, 5.41) is 4.49. The zero-order chi connectivity index (χ0) is 31.8. The largest absolute Gasteiger partial charge is 0.468 e. The molecule has 0 bridgehead atoms. The minimum atomic E-state index is -1.61. The number of esters is 2. The predicted octanol–water partition coefficient (Wildman–Crippen LogP) is 3.31. The van der Waals surface area contributed by atoms with E-state index in [0.717, 1.165) is 25.2 Å². The van der Waals surface area contributed by atoms with Crippen molar-refractivity contribution in [2.24, 2.45) is 5.10 Å². The topological polar surface area (TPSA) is 171 Å². The Hall–Kier alpha value is -4.08. The third-order valence-corrected chi connectivity index (χ3v) is 6.10. The van der Waals surface area contributed by atoms with E-state index >= 15 is 4.39 Å². The van der Waals surface area contributed by atoms with Gasteiger partial charge in [-0.05, 0) is 59.7 Å². The van der Waals surface area contributed by atoms with Crippen LogP contribution < -0.4 is 15.6 Å². The summed E-state index contributed by atoms with van der Waals surface area (Å²) in [7, 11) is 2.10. The fraction of sp³-hybridized carbons (Fsp3) is 0.538. The molecule has 1 heterocycles. The summed E-state index contributed by atoms with van der Waals surface area (Å²) in [4.78, 5) is 62.2. The molecule has 42 heavy (non-hydrogen) atoms. The van der Waals surface area contributed by atoms with Crippen LogP contribution in [0.5, 0.6) is 0 Å². The average molecular weight is 615 g/mol. The number of carbonyl (C=O) groups is 5. The fourth-order valence-electron chi connectivity index (χ4n) is 3.26. The van der Waals surface area contributed by atoms with Gasteiger partial charge in [-0.25, -0.2) is 24.2 Å². The molecule has 0 aromatic heterocycles. The number of hydrazone groups is 1. The smallest absolute Gasteiger partial charge is 0.428 e. The third-order valence-electron chi connectivity index (χ3n) is 4.95. The van der Waals surface area contributed by atoms with Gasteiger partial charge in [0, 0.05) is 5.56 Å². The van der Waals surface area contributed by atoms with Crippen LogP contribution in [0.15, 0.2) is 23.3 Å². The maximum absolute atomic E-state index is 15.5. The number of alkyl carbamates (subject to hydrolysis) is 1. The number of benzene rings is 1. The maximum Gasteiger partial charge on any atom is 0.428 e. The molecule has 1 aliphatic rings. The normalized spacial score (nSPS) is 15.6. The number of carbonyl (C=O) groups excluding carboxylic acids is 5. The second-order valence-electron chi connectivity index (χ2n) is 10.7. The number of anilines is 1. The van der Waals surface area contributed by atoms with E-state index in [0.29, 0.717) is 11.8 Å². The Morgan fingerprint density at radius 1 is 1.05 bits per heavy atom. The van der Waals surface area contributed by atoms with Crippen molar-refractivity contribution >= 4 is 52.7 Å². The molecule has 2 rings (SSSR count). The van der Waals surface area contributed by atoms with E-state index in [9.17, 15) is 24.0 Å². The Morgan fingerprint density at radius 2 is 1.62 bits per heavy atom. The van der Waals surface area contributed by atoms with Crippen molar-refractivity contribution in [3.8, 4) is 0 Å². The fourth-order valence-corrected chi connectivity index (χ4v) is 4.26. The van der Waals surface area contributed by atoms with Crippen LogP contribution >= 0.6 is 11.8 Å². The number of methoxy groups -OCH3 is 2. The molecule has 2 N–H and O–H groups in total. The number of cyclic esters (lactones) is 1. The maximum atomic E-state index is 15.5. The number of nitrogens with one attached hydrogen (secondary N) is 2. The Kier molecular flexibility index (Phi) is 11.5. The lowest BCUT2D eigenvalue weighted by atomic mass is 10.2. The number of amides is 3. The number of nitrogens with zero attached hydrogens (tertiary/aromatic N) is 2. The molecular weight excluding hydrogens is 579 g/mol. The summed E-state index contributed by atoms with van der Waals surface area (Å²) in [6.07, 6.45) is -3.17. The van der Waals surface area contributed by atoms with Gasteiger partial charge in [-0.1, -0.05) is 11.8 Å². The zero-order valence-electron chi connectivity index (χ0n) is 24.6. The highest BCUT2D eigenvalue weighted by molar-refractivity contribution is 8.16. The molecule has 0 unspecified atom stereocenters. The van der Waals surface area contributed by atoms with Crippen LogP contribution in [0.1, 0.15) is 47.1 Å². The van der Waals surface area contributed by atoms with Gasteiger partial charge in [-0.2, -0.15) is 5.10 Å². The van der Waals surface area contributed by atoms with E-state index < -0.39 is 58.6 Å². The quantitative estimate of drug-likeness (QED) is 0.110. The van der Waals surface area contributed by atoms with Gasteiger partial charge in [0.2, 0.25) is 5.25 Å². The molecule has 14 nitrogen and oxygen atoms in total. The molecule has 16 heteroatoms. The number of hydrogen-bond donors (Lipinski definition) is 2. The predicted molar refractivity (Wildman–Crippen MR) is 150 cm³/mol. The Labute approximate surface area is 246 Å². The Balaban J connectivity index is 2.30. The average Bonchev–Trinajstić information content (AvgIpc) is 3.25. The number of thioether (sulfide) groups is 1. The second kappa shape index (κ2) is 14.2. The van der Waals surface area contributed by atoms with E-state index in [4.69, 9.17) is 14.2 Å². The molecule has 232 valence electrons. The van der Waals surface area contributed by atoms with Crippen LogP contribution in [0.2, 0.25) is 0 Å². The molecule has 1 saturated heterocycles. The number of halogens is 1. The Morgan fingerprint density at radius 3 is 2.14 bits per heavy atom. The van der Waals surface area contributed by atoms with Crippen molar-refractivity contribution in [2.45, 2.75) is 64.1 Å². The minimum absolute atomic E-state index is 0.00390. The lowest BCUT2D eigenvalue weighted by Gasteiger charge is -2.20. The molecule has 1 aliphatic heterocycles. The van der Waals surface area contributed by atoms with Gasteiger partial charge >= 0.3 is 30.2 Å². The molecule has 0 saturated carbocycles. The summed E-state index contributed by atoms with van der Waals surface area (Å²) in [6, 6.07) is 3.62. The first kappa shape index (κ1) is 34.1. The van der Waals surface area contributed by atoms with Crippen LogP contribution in [-0.2, 0) is 33.3 Å². The first-order valence-corrected chi connectivity index (χ1v) is 13.5. The van der Waals surface area contributed by atoms with Gasteiger partial charge in [-0.3, -0.25) is 14.5 Å². The molecule has 1 atom stereocenters. The molecule has 3 amide bonds. The van der Waals surface area contributed by atoms with Crippen molar-refractivity contribution in [3.63, 3.8) is 0 Å². The van der Waals surface area contributed by atoms with E-state index in [1.807, 2.05) is 0 Å². The molecule has 0 spiro atoms. The highest BCUT2D eigenvalue weighted by Crippen LogP contribution is 2.28. The van der Waals surface area contributed by atoms with Crippen molar-refractivity contribution in [1.82, 2.24) is 10.7 Å². The molecule has 1 aromatic rings. The first-order valence-electron chi connectivity index (χ1n) is 12.6. The van der Waals surface area contributed by atoms with Crippen molar-refractivity contribution in [1.29, 1.82) is 0 Å². The molecule has 0 aliphatic carbocycles. The second-order valence-corrected chi connectivity index (χ2v) is 11.8. The van der Waals surface area contributed by atoms with Gasteiger partial charge in [0.15, 0.2) is 0 Å². The summed E-state index contributed by atoms with van der Waals surface area (Å²) < 4.78 is 40.3. The molecule has 1 fully saturated rings. The Bertz CT molecular complexity index is 1210. The molecule has 0 radical (unpaired) electrons. The summed E-state index contributed by atoms with van der Waals surface area (Å²) >= 11 is 0.468. The van der Waals surface area contributed by atoms with Crippen LogP contribution in [-0.4, -0.2) is 85.1 Å². The van der Waals surface area contributed by atoms with Crippen LogP contribution in [0.4, 0.5) is 24.5 Å². The van der Waals surface area contributed by atoms with Crippen molar-refractivity contribution in [3.05, 3.63) is 29.6 Å². The lowest BCUT2D eigenvalue weighted by Crippen LogP contribution is -2.38. The van der Waals surface area contributed by atoms with Gasteiger partial charge in [0.1, 0.15) is 28.2 Å². The van der Waals surface area contributed by atoms with Crippen LogP contribution in [0.3, 0.4) is 0 Å². The lowest BCUT2D eigenvalue weighted by molar-refractivity contribution is -0.150. The SMILES string of the molecule is COC(=O)C(SC(=NNC(=O)OC(C)(C)C)c1ccc(N2C[C@H](CNC(=O)OC(C)(C)C)OC2=O)cc1F)C(=O)OC. The highest BCUT2D eigenvalue weighted by atomic mass is 32.2. The first-order chi connectivity index (χ1) is 19.4. The molecule has 1 aromatic carbocycles. The van der Waals surface area contributed by atoms with Crippen molar-refractivity contribution < 1.29 is 52.0 Å². The standard InChI is InChI=1S/C26H35FN4O10S/c1-25(2,3)40-22(34)28-12-15-13-31(24(36)39-15)14-9-10-16(17(27)11-14)19(29-30-23(35)41-26(4,5)6)42-18(20(32)37-7)21(33)38-8/h9-11,15,18H,12-13H2,1-8H3,(H,28,34)(H,30,35)/t15-/m0/s1. The number of hydrogen-bond acceptors (Lipinski definition) is 12. The van der Waals surface area contributed by atoms with E-state index in [2.05, 4.69) is 25.3 Å². The molecular formula is C26H35FN4O10S. The van der Waals surface area contributed by atoms with Crippen molar-refractivity contribution in [2.75, 3.05) is 32.2 Å². The minimum Gasteiger partial charge on any atom is -0.468 e. The highest BCUT2D eigenvalue weighted by Gasteiger charge is 2.35. The monoisotopic (exact) mass is 614 g/mol.